The van der Waals surface area contributed by atoms with Gasteiger partial charge in [-0.1, -0.05) is 0 Å². The molecule has 0 fully saturated rings. The third-order valence-electron chi connectivity index (χ3n) is 4.84. The molecule has 0 aliphatic heterocycles. The van der Waals surface area contributed by atoms with Crippen LogP contribution in [0.25, 0.3) is 21.8 Å². The number of hydrogen-bond donors (Lipinski definition) is 2. The van der Waals surface area contributed by atoms with Gasteiger partial charge < -0.3 is 15.6 Å². The quantitative estimate of drug-likeness (QED) is 0.327. The molecule has 1 aromatic heterocycles. The molecule has 0 bridgehead atoms. The van der Waals surface area contributed by atoms with Gasteiger partial charge in [-0.05, 0) is 80.4 Å². The summed E-state index contributed by atoms with van der Waals surface area (Å²) in [5, 5.41) is 20.3. The first kappa shape index (κ1) is 18.7. The van der Waals surface area contributed by atoms with Crippen LogP contribution in [0.3, 0.4) is 0 Å². The molecular weight excluding hydrogens is 364 g/mol. The Morgan fingerprint density at radius 2 is 1.62 bits per heavy atom. The highest BCUT2D eigenvalue weighted by Gasteiger charge is 2.09. The van der Waals surface area contributed by atoms with E-state index in [4.69, 9.17) is 15.5 Å². The standard InChI is InChI=1S/C23H22N4O2/c1-4-29-17-6-8-20-19(12-17)22(24)18-7-5-15(11-21(18)25-20)26-27-16-9-13(2)23(28)14(3)10-16/h5-12,28H,4H2,1-3H3,(H2,24,25). The molecular formula is C23H22N4O2. The zero-order chi connectivity index (χ0) is 20.5. The van der Waals surface area contributed by atoms with Crippen LogP contribution in [0.1, 0.15) is 18.1 Å². The van der Waals surface area contributed by atoms with E-state index in [0.717, 1.165) is 38.7 Å². The number of rotatable bonds is 4. The molecule has 0 saturated heterocycles. The first-order valence-electron chi connectivity index (χ1n) is 9.44. The molecule has 0 atom stereocenters. The summed E-state index contributed by atoms with van der Waals surface area (Å²) in [6.07, 6.45) is 0. The molecule has 4 aromatic rings. The molecule has 6 heteroatoms. The van der Waals surface area contributed by atoms with Crippen LogP contribution in [0.15, 0.2) is 58.8 Å². The number of anilines is 1. The predicted molar refractivity (Wildman–Crippen MR) is 117 cm³/mol. The number of aromatic nitrogens is 1. The number of nitrogen functional groups attached to an aromatic ring is 1. The summed E-state index contributed by atoms with van der Waals surface area (Å²) in [4.78, 5) is 4.72. The molecule has 0 spiro atoms. The number of ether oxygens (including phenoxy) is 1. The summed E-state index contributed by atoms with van der Waals surface area (Å²) in [7, 11) is 0. The van der Waals surface area contributed by atoms with Crippen molar-refractivity contribution >= 4 is 38.9 Å². The fraction of sp³-hybridized carbons (Fsp3) is 0.174. The van der Waals surface area contributed by atoms with Gasteiger partial charge in [-0.3, -0.25) is 0 Å². The Morgan fingerprint density at radius 1 is 0.897 bits per heavy atom. The van der Waals surface area contributed by atoms with E-state index in [1.807, 2.05) is 57.2 Å². The topological polar surface area (TPSA) is 93.1 Å². The fourth-order valence-electron chi connectivity index (χ4n) is 3.37. The van der Waals surface area contributed by atoms with Crippen molar-refractivity contribution in [2.45, 2.75) is 20.8 Å². The second-order valence-corrected chi connectivity index (χ2v) is 6.97. The smallest absolute Gasteiger partial charge is 0.121 e. The van der Waals surface area contributed by atoms with Crippen molar-refractivity contribution in [2.24, 2.45) is 10.2 Å². The first-order chi connectivity index (χ1) is 14.0. The van der Waals surface area contributed by atoms with Gasteiger partial charge in [0, 0.05) is 10.8 Å². The van der Waals surface area contributed by atoms with Gasteiger partial charge in [0.1, 0.15) is 11.5 Å². The molecule has 0 amide bonds. The second-order valence-electron chi connectivity index (χ2n) is 6.97. The summed E-state index contributed by atoms with van der Waals surface area (Å²) < 4.78 is 5.57. The maximum Gasteiger partial charge on any atom is 0.121 e. The molecule has 3 aromatic carbocycles. The summed E-state index contributed by atoms with van der Waals surface area (Å²) in [5.41, 5.74) is 11.5. The normalized spacial score (nSPS) is 11.6. The van der Waals surface area contributed by atoms with Gasteiger partial charge in [-0.2, -0.15) is 10.2 Å². The maximum absolute atomic E-state index is 9.89. The SMILES string of the molecule is CCOc1ccc2nc3cc(N=Nc4cc(C)c(O)c(C)c4)ccc3c(N)c2c1. The number of pyridine rings is 1. The Balaban J connectivity index is 1.74. The van der Waals surface area contributed by atoms with Crippen LogP contribution in [-0.4, -0.2) is 16.7 Å². The van der Waals surface area contributed by atoms with Crippen molar-refractivity contribution < 1.29 is 9.84 Å². The monoisotopic (exact) mass is 386 g/mol. The molecule has 0 aliphatic carbocycles. The number of hydrogen-bond acceptors (Lipinski definition) is 6. The lowest BCUT2D eigenvalue weighted by Gasteiger charge is -2.09. The summed E-state index contributed by atoms with van der Waals surface area (Å²) in [6.45, 7) is 6.22. The highest BCUT2D eigenvalue weighted by Crippen LogP contribution is 2.33. The van der Waals surface area contributed by atoms with E-state index < -0.39 is 0 Å². The van der Waals surface area contributed by atoms with Crippen molar-refractivity contribution in [3.05, 3.63) is 59.7 Å². The largest absolute Gasteiger partial charge is 0.507 e. The average molecular weight is 386 g/mol. The molecule has 6 nitrogen and oxygen atoms in total. The molecule has 4 rings (SSSR count). The molecule has 0 radical (unpaired) electrons. The van der Waals surface area contributed by atoms with Crippen LogP contribution < -0.4 is 10.5 Å². The number of phenols is 1. The first-order valence-corrected chi connectivity index (χ1v) is 9.44. The lowest BCUT2D eigenvalue weighted by Crippen LogP contribution is -1.95. The minimum Gasteiger partial charge on any atom is -0.507 e. The van der Waals surface area contributed by atoms with Gasteiger partial charge in [-0.15, -0.1) is 0 Å². The number of benzene rings is 3. The minimum absolute atomic E-state index is 0.286. The number of fused-ring (bicyclic) bond motifs is 2. The average Bonchev–Trinajstić information content (AvgIpc) is 2.71. The third kappa shape index (κ3) is 3.57. The zero-order valence-corrected chi connectivity index (χ0v) is 16.6. The number of nitrogens with two attached hydrogens (primary N) is 1. The number of azo groups is 1. The number of aryl methyl sites for hydroxylation is 2. The van der Waals surface area contributed by atoms with Gasteiger partial charge in [0.2, 0.25) is 0 Å². The van der Waals surface area contributed by atoms with Crippen LogP contribution in [0.4, 0.5) is 17.1 Å². The summed E-state index contributed by atoms with van der Waals surface area (Å²) >= 11 is 0. The van der Waals surface area contributed by atoms with Crippen molar-refractivity contribution in [3.63, 3.8) is 0 Å². The Labute approximate surface area is 168 Å². The van der Waals surface area contributed by atoms with Crippen molar-refractivity contribution in [2.75, 3.05) is 12.3 Å². The van der Waals surface area contributed by atoms with E-state index in [0.29, 0.717) is 23.7 Å². The van der Waals surface area contributed by atoms with E-state index >= 15 is 0 Å². The highest BCUT2D eigenvalue weighted by atomic mass is 16.5. The molecule has 3 N–H and O–H groups in total. The predicted octanol–water partition coefficient (Wildman–Crippen LogP) is 6.11. The summed E-state index contributed by atoms with van der Waals surface area (Å²) in [6, 6.07) is 15.0. The Bertz CT molecular complexity index is 1240. The van der Waals surface area contributed by atoms with Crippen molar-refractivity contribution in [3.8, 4) is 11.5 Å². The van der Waals surface area contributed by atoms with Gasteiger partial charge in [0.15, 0.2) is 0 Å². The van der Waals surface area contributed by atoms with Crippen LogP contribution in [-0.2, 0) is 0 Å². The van der Waals surface area contributed by atoms with E-state index in [2.05, 4.69) is 10.2 Å². The van der Waals surface area contributed by atoms with Crippen LogP contribution in [0.5, 0.6) is 11.5 Å². The molecule has 29 heavy (non-hydrogen) atoms. The van der Waals surface area contributed by atoms with Crippen LogP contribution in [0, 0.1) is 13.8 Å². The van der Waals surface area contributed by atoms with E-state index in [9.17, 15) is 5.11 Å². The highest BCUT2D eigenvalue weighted by molar-refractivity contribution is 6.07. The van der Waals surface area contributed by atoms with Crippen molar-refractivity contribution in [1.82, 2.24) is 4.98 Å². The lowest BCUT2D eigenvalue weighted by atomic mass is 10.1. The number of phenolic OH excluding ortho intramolecular Hbond substituents is 1. The van der Waals surface area contributed by atoms with Crippen molar-refractivity contribution in [1.29, 1.82) is 0 Å². The van der Waals surface area contributed by atoms with E-state index in [-0.39, 0.29) is 5.75 Å². The van der Waals surface area contributed by atoms with Gasteiger partial charge in [-0.25, -0.2) is 4.98 Å². The zero-order valence-electron chi connectivity index (χ0n) is 16.6. The van der Waals surface area contributed by atoms with Gasteiger partial charge >= 0.3 is 0 Å². The maximum atomic E-state index is 9.89. The summed E-state index contributed by atoms with van der Waals surface area (Å²) in [5.74, 6) is 1.06. The van der Waals surface area contributed by atoms with Gasteiger partial charge in [0.05, 0.1) is 34.7 Å². The van der Waals surface area contributed by atoms with Gasteiger partial charge in [0.25, 0.3) is 0 Å². The van der Waals surface area contributed by atoms with E-state index in [1.54, 1.807) is 12.1 Å². The third-order valence-corrected chi connectivity index (χ3v) is 4.84. The molecule has 0 unspecified atom stereocenters. The Morgan fingerprint density at radius 3 is 2.34 bits per heavy atom. The van der Waals surface area contributed by atoms with Crippen LogP contribution in [0.2, 0.25) is 0 Å². The lowest BCUT2D eigenvalue weighted by molar-refractivity contribution is 0.341. The molecule has 0 saturated carbocycles. The number of nitrogens with zero attached hydrogens (tertiary/aromatic N) is 3. The molecule has 146 valence electrons. The van der Waals surface area contributed by atoms with Crippen LogP contribution >= 0.6 is 0 Å². The Hall–Kier alpha value is -3.67. The fourth-order valence-corrected chi connectivity index (χ4v) is 3.37. The molecule has 0 aliphatic rings. The second kappa shape index (κ2) is 7.39. The number of aromatic hydroxyl groups is 1. The Kier molecular flexibility index (Phi) is 4.76. The minimum atomic E-state index is 0.286. The van der Waals surface area contributed by atoms with E-state index in [1.165, 1.54) is 0 Å². The molecule has 1 heterocycles.